The molecule has 2 heterocycles. The number of anilines is 1. The molecule has 1 unspecified atom stereocenters. The van der Waals surface area contributed by atoms with Gasteiger partial charge in [0.2, 0.25) is 0 Å². The Hall–Kier alpha value is -2.09. The molecule has 0 radical (unpaired) electrons. The molecule has 3 rings (SSSR count). The SMILES string of the molecule is CNC(=O)c1cc(Cl)ccc1NC(=O)c1ccn(C2CCCNC2)n1.Cl. The molecule has 1 aromatic carbocycles. The van der Waals surface area contributed by atoms with Crippen molar-refractivity contribution in [1.82, 2.24) is 20.4 Å². The van der Waals surface area contributed by atoms with Crippen LogP contribution >= 0.6 is 24.0 Å². The third-order valence-electron chi connectivity index (χ3n) is 4.19. The summed E-state index contributed by atoms with van der Waals surface area (Å²) in [6.45, 7) is 1.87. The number of carbonyl (C=O) groups excluding carboxylic acids is 2. The van der Waals surface area contributed by atoms with Crippen molar-refractivity contribution in [2.75, 3.05) is 25.5 Å². The number of piperidine rings is 1. The number of amides is 2. The van der Waals surface area contributed by atoms with Crippen LogP contribution in [0.2, 0.25) is 5.02 Å². The van der Waals surface area contributed by atoms with Crippen molar-refractivity contribution >= 4 is 41.5 Å². The zero-order valence-corrected chi connectivity index (χ0v) is 15.9. The van der Waals surface area contributed by atoms with Crippen molar-refractivity contribution in [2.45, 2.75) is 18.9 Å². The van der Waals surface area contributed by atoms with E-state index in [0.717, 1.165) is 25.9 Å². The van der Waals surface area contributed by atoms with Gasteiger partial charge in [-0.1, -0.05) is 11.6 Å². The molecule has 0 saturated carbocycles. The average Bonchev–Trinajstić information content (AvgIpc) is 3.13. The van der Waals surface area contributed by atoms with Gasteiger partial charge >= 0.3 is 0 Å². The normalized spacial score (nSPS) is 16.5. The molecule has 1 atom stereocenters. The minimum Gasteiger partial charge on any atom is -0.355 e. The zero-order valence-electron chi connectivity index (χ0n) is 14.3. The van der Waals surface area contributed by atoms with Gasteiger partial charge in [-0.05, 0) is 43.7 Å². The number of halogens is 2. The number of nitrogens with zero attached hydrogens (tertiary/aromatic N) is 2. The number of carbonyl (C=O) groups is 2. The van der Waals surface area contributed by atoms with Gasteiger partial charge in [0, 0.05) is 24.8 Å². The number of benzene rings is 1. The van der Waals surface area contributed by atoms with E-state index in [9.17, 15) is 9.59 Å². The van der Waals surface area contributed by atoms with Crippen LogP contribution in [-0.2, 0) is 0 Å². The van der Waals surface area contributed by atoms with E-state index in [1.54, 1.807) is 18.2 Å². The van der Waals surface area contributed by atoms with Gasteiger partial charge in [-0.2, -0.15) is 5.10 Å². The van der Waals surface area contributed by atoms with Gasteiger partial charge in [0.15, 0.2) is 5.69 Å². The van der Waals surface area contributed by atoms with Crippen molar-refractivity contribution in [1.29, 1.82) is 0 Å². The summed E-state index contributed by atoms with van der Waals surface area (Å²) >= 11 is 5.95. The number of nitrogens with one attached hydrogen (secondary N) is 3. The molecule has 2 amide bonds. The maximum absolute atomic E-state index is 12.5. The summed E-state index contributed by atoms with van der Waals surface area (Å²) in [4.78, 5) is 24.5. The number of rotatable bonds is 4. The van der Waals surface area contributed by atoms with Crippen LogP contribution in [0.25, 0.3) is 0 Å². The van der Waals surface area contributed by atoms with Gasteiger partial charge in [-0.25, -0.2) is 0 Å². The highest BCUT2D eigenvalue weighted by Gasteiger charge is 2.19. The molecule has 26 heavy (non-hydrogen) atoms. The fourth-order valence-corrected chi connectivity index (χ4v) is 3.03. The Labute approximate surface area is 162 Å². The van der Waals surface area contributed by atoms with Crippen molar-refractivity contribution < 1.29 is 9.59 Å². The highest BCUT2D eigenvalue weighted by atomic mass is 35.5. The Kier molecular flexibility index (Phi) is 7.02. The van der Waals surface area contributed by atoms with E-state index in [2.05, 4.69) is 21.0 Å². The van der Waals surface area contributed by atoms with Crippen LogP contribution in [0.1, 0.15) is 39.7 Å². The van der Waals surface area contributed by atoms with E-state index in [1.165, 1.54) is 13.1 Å². The maximum Gasteiger partial charge on any atom is 0.276 e. The quantitative estimate of drug-likeness (QED) is 0.739. The van der Waals surface area contributed by atoms with Gasteiger partial charge in [0.25, 0.3) is 11.8 Å². The monoisotopic (exact) mass is 397 g/mol. The van der Waals surface area contributed by atoms with Gasteiger partial charge in [-0.3, -0.25) is 14.3 Å². The summed E-state index contributed by atoms with van der Waals surface area (Å²) in [6.07, 6.45) is 3.94. The van der Waals surface area contributed by atoms with Crippen LogP contribution in [-0.4, -0.2) is 41.7 Å². The van der Waals surface area contributed by atoms with E-state index >= 15 is 0 Å². The second-order valence-corrected chi connectivity index (χ2v) is 6.34. The molecular weight excluding hydrogens is 377 g/mol. The standard InChI is InChI=1S/C17H20ClN5O2.ClH/c1-19-16(24)13-9-11(18)4-5-14(13)21-17(25)15-6-8-23(22-15)12-3-2-7-20-10-12;/h4-6,8-9,12,20H,2-3,7,10H2,1H3,(H,19,24)(H,21,25);1H. The Bertz CT molecular complexity index is 787. The van der Waals surface area contributed by atoms with Gasteiger partial charge in [-0.15, -0.1) is 12.4 Å². The molecule has 1 saturated heterocycles. The lowest BCUT2D eigenvalue weighted by molar-refractivity contribution is 0.0964. The summed E-state index contributed by atoms with van der Waals surface area (Å²) in [6, 6.07) is 6.68. The third-order valence-corrected chi connectivity index (χ3v) is 4.42. The first-order chi connectivity index (χ1) is 12.1. The lowest BCUT2D eigenvalue weighted by Gasteiger charge is -2.22. The Morgan fingerprint density at radius 2 is 2.12 bits per heavy atom. The molecule has 1 fully saturated rings. The minimum atomic E-state index is -0.366. The summed E-state index contributed by atoms with van der Waals surface area (Å²) in [7, 11) is 1.52. The highest BCUT2D eigenvalue weighted by molar-refractivity contribution is 6.31. The molecule has 0 spiro atoms. The fourth-order valence-electron chi connectivity index (χ4n) is 2.86. The van der Waals surface area contributed by atoms with E-state index in [4.69, 9.17) is 11.6 Å². The Morgan fingerprint density at radius 3 is 2.81 bits per heavy atom. The second-order valence-electron chi connectivity index (χ2n) is 5.90. The van der Waals surface area contributed by atoms with E-state index in [-0.39, 0.29) is 30.3 Å². The smallest absolute Gasteiger partial charge is 0.276 e. The van der Waals surface area contributed by atoms with Gasteiger partial charge < -0.3 is 16.0 Å². The third kappa shape index (κ3) is 4.55. The predicted octanol–water partition coefficient (Wildman–Crippen LogP) is 2.49. The second kappa shape index (κ2) is 9.02. The molecule has 1 aromatic heterocycles. The van der Waals surface area contributed by atoms with Crippen LogP contribution in [0.4, 0.5) is 5.69 Å². The summed E-state index contributed by atoms with van der Waals surface area (Å²) in [5.74, 6) is -0.688. The zero-order chi connectivity index (χ0) is 17.8. The average molecular weight is 398 g/mol. The summed E-state index contributed by atoms with van der Waals surface area (Å²) in [5.41, 5.74) is 1.00. The molecule has 1 aliphatic rings. The molecule has 2 aromatic rings. The lowest BCUT2D eigenvalue weighted by atomic mass is 10.1. The predicted molar refractivity (Wildman–Crippen MR) is 103 cm³/mol. The first-order valence-electron chi connectivity index (χ1n) is 8.17. The lowest BCUT2D eigenvalue weighted by Crippen LogP contribution is -2.32. The van der Waals surface area contributed by atoms with E-state index < -0.39 is 0 Å². The number of hydrogen-bond donors (Lipinski definition) is 3. The number of aromatic nitrogens is 2. The molecule has 0 aliphatic carbocycles. The molecule has 1 aliphatic heterocycles. The summed E-state index contributed by atoms with van der Waals surface area (Å²) in [5, 5.41) is 13.4. The maximum atomic E-state index is 12.5. The first-order valence-corrected chi connectivity index (χ1v) is 8.55. The number of hydrogen-bond acceptors (Lipinski definition) is 4. The van der Waals surface area contributed by atoms with Crippen LogP contribution in [0.3, 0.4) is 0 Å². The molecular formula is C17H21Cl2N5O2. The van der Waals surface area contributed by atoms with E-state index in [0.29, 0.717) is 22.0 Å². The van der Waals surface area contributed by atoms with Gasteiger partial charge in [0.05, 0.1) is 17.3 Å². The van der Waals surface area contributed by atoms with Crippen molar-refractivity contribution in [3.63, 3.8) is 0 Å². The van der Waals surface area contributed by atoms with E-state index in [1.807, 2.05) is 10.9 Å². The fraction of sp³-hybridized carbons (Fsp3) is 0.353. The van der Waals surface area contributed by atoms with Crippen molar-refractivity contribution in [2.24, 2.45) is 0 Å². The van der Waals surface area contributed by atoms with Crippen LogP contribution in [0.5, 0.6) is 0 Å². The topological polar surface area (TPSA) is 88.0 Å². The van der Waals surface area contributed by atoms with Gasteiger partial charge in [0.1, 0.15) is 0 Å². The van der Waals surface area contributed by atoms with Crippen LogP contribution in [0.15, 0.2) is 30.5 Å². The summed E-state index contributed by atoms with van der Waals surface area (Å²) < 4.78 is 1.82. The van der Waals surface area contributed by atoms with Crippen LogP contribution in [0, 0.1) is 0 Å². The van der Waals surface area contributed by atoms with Crippen molar-refractivity contribution in [3.8, 4) is 0 Å². The Balaban J connectivity index is 0.00000243. The Morgan fingerprint density at radius 1 is 1.31 bits per heavy atom. The molecule has 9 heteroatoms. The highest BCUT2D eigenvalue weighted by Crippen LogP contribution is 2.22. The van der Waals surface area contributed by atoms with Crippen molar-refractivity contribution in [3.05, 3.63) is 46.7 Å². The first kappa shape index (κ1) is 20.2. The molecule has 7 nitrogen and oxygen atoms in total. The minimum absolute atomic E-state index is 0. The molecule has 0 bridgehead atoms. The van der Waals surface area contributed by atoms with Crippen LogP contribution < -0.4 is 16.0 Å². The largest absolute Gasteiger partial charge is 0.355 e. The molecule has 140 valence electrons. The molecule has 3 N–H and O–H groups in total.